The molecule has 4 aliphatic heterocycles. The van der Waals surface area contributed by atoms with Gasteiger partial charge in [-0.25, -0.2) is 9.59 Å². The van der Waals surface area contributed by atoms with E-state index in [-0.39, 0.29) is 41.8 Å². The van der Waals surface area contributed by atoms with Gasteiger partial charge in [0.05, 0.1) is 24.7 Å². The van der Waals surface area contributed by atoms with Crippen LogP contribution in [0.15, 0.2) is 24.3 Å². The van der Waals surface area contributed by atoms with Gasteiger partial charge in [0.2, 0.25) is 0 Å². The highest BCUT2D eigenvalue weighted by Gasteiger charge is 2.70. The minimum Gasteiger partial charge on any atom is -0.458 e. The summed E-state index contributed by atoms with van der Waals surface area (Å²) in [6.45, 7) is 9.37. The van der Waals surface area contributed by atoms with Crippen LogP contribution in [-0.2, 0) is 33.3 Å². The molecular formula is C19H22O8. The van der Waals surface area contributed by atoms with Gasteiger partial charge in [0, 0.05) is 23.5 Å². The van der Waals surface area contributed by atoms with E-state index in [1.165, 1.54) is 0 Å². The molecule has 5 aliphatic rings. The van der Waals surface area contributed by atoms with Gasteiger partial charge in [-0.05, 0) is 13.3 Å². The van der Waals surface area contributed by atoms with Crippen molar-refractivity contribution in [1.29, 1.82) is 0 Å². The van der Waals surface area contributed by atoms with Crippen LogP contribution < -0.4 is 0 Å². The molecule has 0 radical (unpaired) electrons. The lowest BCUT2D eigenvalue weighted by molar-refractivity contribution is -0.167. The van der Waals surface area contributed by atoms with Crippen LogP contribution in [0.25, 0.3) is 0 Å². The summed E-state index contributed by atoms with van der Waals surface area (Å²) in [5.74, 6) is -1.61. The van der Waals surface area contributed by atoms with Crippen molar-refractivity contribution in [3.63, 3.8) is 0 Å². The summed E-state index contributed by atoms with van der Waals surface area (Å²) < 4.78 is 28.6. The van der Waals surface area contributed by atoms with E-state index in [4.69, 9.17) is 23.7 Å². The smallest absolute Gasteiger partial charge is 0.334 e. The largest absolute Gasteiger partial charge is 0.458 e. The highest BCUT2D eigenvalue weighted by molar-refractivity contribution is 5.91. The van der Waals surface area contributed by atoms with E-state index in [0.717, 1.165) is 0 Å². The van der Waals surface area contributed by atoms with E-state index in [1.54, 1.807) is 6.92 Å². The summed E-state index contributed by atoms with van der Waals surface area (Å²) in [7, 11) is 0. The quantitative estimate of drug-likeness (QED) is 0.414. The first kappa shape index (κ1) is 17.4. The monoisotopic (exact) mass is 378 g/mol. The molecule has 8 nitrogen and oxygen atoms in total. The van der Waals surface area contributed by atoms with Gasteiger partial charge in [0.25, 0.3) is 0 Å². The molecule has 1 N–H and O–H groups in total. The molecule has 0 aromatic carbocycles. The maximum absolute atomic E-state index is 12.3. The molecule has 1 saturated carbocycles. The van der Waals surface area contributed by atoms with Crippen LogP contribution in [-0.4, -0.2) is 66.1 Å². The lowest BCUT2D eigenvalue weighted by Crippen LogP contribution is -2.44. The van der Waals surface area contributed by atoms with Gasteiger partial charge >= 0.3 is 11.9 Å². The second kappa shape index (κ2) is 5.64. The van der Waals surface area contributed by atoms with Gasteiger partial charge < -0.3 is 28.8 Å². The Bertz CT molecular complexity index is 746. The zero-order chi connectivity index (χ0) is 19.1. The maximum Gasteiger partial charge on any atom is 0.334 e. The van der Waals surface area contributed by atoms with Crippen LogP contribution in [0.2, 0.25) is 0 Å². The summed E-state index contributed by atoms with van der Waals surface area (Å²) in [6.07, 6.45) is -2.32. The third-order valence-corrected chi connectivity index (χ3v) is 6.39. The fourth-order valence-electron chi connectivity index (χ4n) is 4.79. The number of esters is 2. The number of epoxide rings is 2. The maximum atomic E-state index is 12.3. The Kier molecular flexibility index (Phi) is 3.62. The predicted octanol–water partition coefficient (Wildman–Crippen LogP) is 0.236. The third-order valence-electron chi connectivity index (χ3n) is 6.39. The topological polar surface area (TPSA) is 107 Å². The molecule has 5 fully saturated rings. The average Bonchev–Trinajstić information content (AvgIpc) is 3.49. The Morgan fingerprint density at radius 3 is 2.85 bits per heavy atom. The van der Waals surface area contributed by atoms with Gasteiger partial charge in [-0.1, -0.05) is 13.2 Å². The van der Waals surface area contributed by atoms with Gasteiger partial charge in [-0.2, -0.15) is 0 Å². The number of carbonyl (C=O) groups excluding carboxylic acids is 2. The molecule has 5 rings (SSSR count). The second-order valence-corrected chi connectivity index (χ2v) is 8.16. The van der Waals surface area contributed by atoms with Crippen molar-refractivity contribution in [3.05, 3.63) is 24.3 Å². The number of fused-ring (bicyclic) bond motifs is 5. The molecule has 8 heteroatoms. The van der Waals surface area contributed by atoms with Crippen molar-refractivity contribution in [2.75, 3.05) is 6.61 Å². The lowest BCUT2D eigenvalue weighted by atomic mass is 9.79. The molecule has 0 spiro atoms. The molecule has 0 aromatic rings. The number of hydrogen-bond donors (Lipinski definition) is 1. The molecule has 0 aromatic heterocycles. The second-order valence-electron chi connectivity index (χ2n) is 8.16. The minimum absolute atomic E-state index is 0.0433. The normalized spacial score (nSPS) is 49.9. The first-order chi connectivity index (χ1) is 12.8. The third kappa shape index (κ3) is 2.51. The average molecular weight is 378 g/mol. The molecule has 0 unspecified atom stereocenters. The standard InChI is InChI=1S/C19H22O8/c1-7(2)16(20)24-10-5-19-11(27-19)4-9(6-23-18(19)22)13-15(25-13)14-12(10)8(3)17(21)26-14/h9-15,18,22H,1,3-6H2,2H3/t9-,10+,11-,12+,13+,14-,15+,18-,19+/m0/s1. The Labute approximate surface area is 156 Å². The summed E-state index contributed by atoms with van der Waals surface area (Å²) >= 11 is 0. The molecule has 2 bridgehead atoms. The van der Waals surface area contributed by atoms with Crippen molar-refractivity contribution >= 4 is 11.9 Å². The number of ether oxygens (including phenoxy) is 5. The zero-order valence-electron chi connectivity index (χ0n) is 15.0. The Morgan fingerprint density at radius 2 is 2.11 bits per heavy atom. The van der Waals surface area contributed by atoms with Crippen molar-refractivity contribution in [2.45, 2.75) is 62.2 Å². The van der Waals surface area contributed by atoms with Gasteiger partial charge in [-0.3, -0.25) is 0 Å². The summed E-state index contributed by atoms with van der Waals surface area (Å²) in [6, 6.07) is 0. The number of aliphatic hydroxyl groups excluding tert-OH is 1. The number of hydrogen-bond acceptors (Lipinski definition) is 8. The minimum atomic E-state index is -1.14. The molecule has 4 heterocycles. The van der Waals surface area contributed by atoms with Crippen LogP contribution in [0.1, 0.15) is 19.8 Å². The van der Waals surface area contributed by atoms with Gasteiger partial charge in [-0.15, -0.1) is 0 Å². The van der Waals surface area contributed by atoms with Crippen molar-refractivity contribution < 1.29 is 38.4 Å². The van der Waals surface area contributed by atoms with E-state index in [0.29, 0.717) is 13.0 Å². The van der Waals surface area contributed by atoms with Gasteiger partial charge in [0.1, 0.15) is 23.9 Å². The van der Waals surface area contributed by atoms with E-state index in [2.05, 4.69) is 13.2 Å². The van der Waals surface area contributed by atoms with Crippen molar-refractivity contribution in [2.24, 2.45) is 11.8 Å². The fraction of sp³-hybridized carbons (Fsp3) is 0.684. The number of aliphatic hydroxyl groups is 1. The SMILES string of the molecule is C=C(C)C(=O)O[C@@H]1C[C@@]23O[C@H]2C[C@@H](CO[C@@H]3O)[C@H]2O[C@H]2[C@H]2OC(=O)C(=C)[C@@H]21. The highest BCUT2D eigenvalue weighted by Crippen LogP contribution is 2.56. The van der Waals surface area contributed by atoms with Gasteiger partial charge in [0.15, 0.2) is 6.29 Å². The summed E-state index contributed by atoms with van der Waals surface area (Å²) in [4.78, 5) is 24.5. The zero-order valence-corrected chi connectivity index (χ0v) is 15.0. The first-order valence-electron chi connectivity index (χ1n) is 9.21. The van der Waals surface area contributed by atoms with Crippen LogP contribution in [0.3, 0.4) is 0 Å². The highest BCUT2D eigenvalue weighted by atomic mass is 16.7. The Balaban J connectivity index is 1.54. The van der Waals surface area contributed by atoms with E-state index >= 15 is 0 Å². The van der Waals surface area contributed by atoms with E-state index < -0.39 is 42.0 Å². The molecule has 4 saturated heterocycles. The van der Waals surface area contributed by atoms with Crippen LogP contribution >= 0.6 is 0 Å². The van der Waals surface area contributed by atoms with Crippen LogP contribution in [0, 0.1) is 11.8 Å². The van der Waals surface area contributed by atoms with Crippen LogP contribution in [0.4, 0.5) is 0 Å². The van der Waals surface area contributed by atoms with E-state index in [9.17, 15) is 14.7 Å². The first-order valence-corrected chi connectivity index (χ1v) is 9.21. The molecule has 0 amide bonds. The number of carbonyl (C=O) groups is 2. The van der Waals surface area contributed by atoms with Crippen molar-refractivity contribution in [3.8, 4) is 0 Å². The Morgan fingerprint density at radius 1 is 1.33 bits per heavy atom. The number of rotatable bonds is 2. The molecule has 146 valence electrons. The van der Waals surface area contributed by atoms with Crippen molar-refractivity contribution in [1.82, 2.24) is 0 Å². The Hall–Kier alpha value is -1.74. The van der Waals surface area contributed by atoms with Crippen LogP contribution in [0.5, 0.6) is 0 Å². The summed E-state index contributed by atoms with van der Waals surface area (Å²) in [5.41, 5.74) is -0.483. The van der Waals surface area contributed by atoms with E-state index in [1.807, 2.05) is 0 Å². The lowest BCUT2D eigenvalue weighted by Gasteiger charge is -2.30. The molecular weight excluding hydrogens is 356 g/mol. The molecule has 1 aliphatic carbocycles. The summed E-state index contributed by atoms with van der Waals surface area (Å²) in [5, 5.41) is 10.6. The molecule has 9 atom stereocenters. The fourth-order valence-corrected chi connectivity index (χ4v) is 4.79. The predicted molar refractivity (Wildman–Crippen MR) is 88.2 cm³/mol. The molecule has 27 heavy (non-hydrogen) atoms.